The first-order valence-corrected chi connectivity index (χ1v) is 6.60. The van der Waals surface area contributed by atoms with Crippen molar-refractivity contribution in [1.82, 2.24) is 4.90 Å². The van der Waals surface area contributed by atoms with E-state index in [0.29, 0.717) is 5.91 Å². The molecule has 0 aromatic heterocycles. The van der Waals surface area contributed by atoms with E-state index in [-0.39, 0.29) is 11.3 Å². The van der Waals surface area contributed by atoms with Crippen LogP contribution in [-0.4, -0.2) is 23.9 Å². The van der Waals surface area contributed by atoms with Crippen LogP contribution in [-0.2, 0) is 4.79 Å². The van der Waals surface area contributed by atoms with Crippen LogP contribution in [0.25, 0.3) is 0 Å². The van der Waals surface area contributed by atoms with E-state index in [1.807, 2.05) is 6.92 Å². The van der Waals surface area contributed by atoms with Crippen molar-refractivity contribution < 1.29 is 4.79 Å². The Bertz CT molecular complexity index is 205. The van der Waals surface area contributed by atoms with E-state index >= 15 is 0 Å². The summed E-state index contributed by atoms with van der Waals surface area (Å²) in [5.41, 5.74) is 0.191. The average molecular weight is 227 g/mol. The Balaban J connectivity index is 4.47. The van der Waals surface area contributed by atoms with Crippen LogP contribution in [0.2, 0.25) is 0 Å². The molecule has 0 spiro atoms. The van der Waals surface area contributed by atoms with Crippen LogP contribution in [0.1, 0.15) is 60.8 Å². The lowest BCUT2D eigenvalue weighted by molar-refractivity contribution is -0.136. The summed E-state index contributed by atoms with van der Waals surface area (Å²) in [6.45, 7) is 14.6. The fourth-order valence-corrected chi connectivity index (χ4v) is 1.68. The molecular formula is C14H29NO. The number of nitrogens with zero attached hydrogens (tertiary/aromatic N) is 1. The summed E-state index contributed by atoms with van der Waals surface area (Å²) in [6, 6.07) is 0. The van der Waals surface area contributed by atoms with Gasteiger partial charge in [0.15, 0.2) is 0 Å². The maximum atomic E-state index is 12.2. The minimum absolute atomic E-state index is 0.166. The van der Waals surface area contributed by atoms with E-state index in [0.717, 1.165) is 32.4 Å². The van der Waals surface area contributed by atoms with Crippen molar-refractivity contribution in [3.8, 4) is 0 Å². The van der Waals surface area contributed by atoms with E-state index in [1.165, 1.54) is 0 Å². The van der Waals surface area contributed by atoms with Gasteiger partial charge in [0.05, 0.1) is 0 Å². The third kappa shape index (κ3) is 6.14. The molecule has 0 radical (unpaired) electrons. The van der Waals surface area contributed by atoms with Gasteiger partial charge in [-0.2, -0.15) is 0 Å². The zero-order valence-electron chi connectivity index (χ0n) is 12.0. The molecule has 0 aliphatic rings. The maximum Gasteiger partial charge on any atom is 0.225 e. The van der Waals surface area contributed by atoms with Crippen molar-refractivity contribution in [2.75, 3.05) is 13.1 Å². The Hall–Kier alpha value is -0.530. The molecule has 2 nitrogen and oxygen atoms in total. The average Bonchev–Trinajstić information content (AvgIpc) is 2.20. The van der Waals surface area contributed by atoms with Crippen molar-refractivity contribution >= 4 is 5.91 Å². The second-order valence-corrected chi connectivity index (χ2v) is 5.98. The van der Waals surface area contributed by atoms with Gasteiger partial charge in [0.1, 0.15) is 0 Å². The quantitative estimate of drug-likeness (QED) is 0.677. The number of unbranched alkanes of at least 4 members (excludes halogenated alkanes) is 1. The third-order valence-corrected chi connectivity index (χ3v) is 2.79. The van der Waals surface area contributed by atoms with Crippen molar-refractivity contribution in [2.24, 2.45) is 11.3 Å². The van der Waals surface area contributed by atoms with Gasteiger partial charge >= 0.3 is 0 Å². The zero-order valence-corrected chi connectivity index (χ0v) is 12.0. The fraction of sp³-hybridized carbons (Fsp3) is 0.929. The summed E-state index contributed by atoms with van der Waals surface area (Å²) in [6.07, 6.45) is 3.19. The zero-order chi connectivity index (χ0) is 12.8. The van der Waals surface area contributed by atoms with Crippen molar-refractivity contribution in [2.45, 2.75) is 60.8 Å². The standard InChI is InChI=1S/C14H29NO/c1-7-9-10-15(11-14(4,5)6)13(16)12(3)8-2/h12H,7-11H2,1-6H3. The lowest BCUT2D eigenvalue weighted by Gasteiger charge is -2.31. The molecule has 0 aliphatic heterocycles. The van der Waals surface area contributed by atoms with Crippen LogP contribution in [0.3, 0.4) is 0 Å². The summed E-state index contributed by atoms with van der Waals surface area (Å²) in [5, 5.41) is 0. The molecule has 0 N–H and O–H groups in total. The van der Waals surface area contributed by atoms with Gasteiger partial charge in [-0.3, -0.25) is 4.79 Å². The van der Waals surface area contributed by atoms with Gasteiger partial charge in [-0.25, -0.2) is 0 Å². The SMILES string of the molecule is CCCCN(CC(C)(C)C)C(=O)C(C)CC. The lowest BCUT2D eigenvalue weighted by atomic mass is 9.95. The molecule has 2 heteroatoms. The Morgan fingerprint density at radius 2 is 1.81 bits per heavy atom. The van der Waals surface area contributed by atoms with E-state index in [1.54, 1.807) is 0 Å². The van der Waals surface area contributed by atoms with Crippen molar-refractivity contribution in [3.05, 3.63) is 0 Å². The summed E-state index contributed by atoms with van der Waals surface area (Å²) in [7, 11) is 0. The smallest absolute Gasteiger partial charge is 0.225 e. The molecule has 1 amide bonds. The minimum atomic E-state index is 0.166. The predicted molar refractivity (Wildman–Crippen MR) is 70.4 cm³/mol. The van der Waals surface area contributed by atoms with Crippen LogP contribution >= 0.6 is 0 Å². The van der Waals surface area contributed by atoms with E-state index < -0.39 is 0 Å². The third-order valence-electron chi connectivity index (χ3n) is 2.79. The van der Waals surface area contributed by atoms with Gasteiger partial charge in [-0.15, -0.1) is 0 Å². The maximum absolute atomic E-state index is 12.2. The summed E-state index contributed by atoms with van der Waals surface area (Å²) in [5.74, 6) is 0.491. The van der Waals surface area contributed by atoms with E-state index in [2.05, 4.69) is 39.5 Å². The highest BCUT2D eigenvalue weighted by Gasteiger charge is 2.23. The number of carbonyl (C=O) groups is 1. The highest BCUT2D eigenvalue weighted by atomic mass is 16.2. The lowest BCUT2D eigenvalue weighted by Crippen LogP contribution is -2.41. The van der Waals surface area contributed by atoms with Crippen LogP contribution in [0, 0.1) is 11.3 Å². The summed E-state index contributed by atoms with van der Waals surface area (Å²) in [4.78, 5) is 14.2. The van der Waals surface area contributed by atoms with Gasteiger partial charge in [-0.1, -0.05) is 48.0 Å². The molecule has 0 fully saturated rings. The first-order chi connectivity index (χ1) is 7.31. The van der Waals surface area contributed by atoms with Gasteiger partial charge in [0.2, 0.25) is 5.91 Å². The van der Waals surface area contributed by atoms with Gasteiger partial charge in [-0.05, 0) is 18.3 Å². The molecule has 1 atom stereocenters. The topological polar surface area (TPSA) is 20.3 Å². The molecule has 0 aromatic carbocycles. The number of hydrogen-bond acceptors (Lipinski definition) is 1. The van der Waals surface area contributed by atoms with Crippen molar-refractivity contribution in [1.29, 1.82) is 0 Å². The van der Waals surface area contributed by atoms with Crippen LogP contribution < -0.4 is 0 Å². The van der Waals surface area contributed by atoms with Gasteiger partial charge < -0.3 is 4.90 Å². The molecular weight excluding hydrogens is 198 g/mol. The first kappa shape index (κ1) is 15.5. The Morgan fingerprint density at radius 1 is 1.25 bits per heavy atom. The number of hydrogen-bond donors (Lipinski definition) is 0. The van der Waals surface area contributed by atoms with E-state index in [9.17, 15) is 4.79 Å². The molecule has 96 valence electrons. The molecule has 0 bridgehead atoms. The normalized spacial score (nSPS) is 13.6. The Morgan fingerprint density at radius 3 is 2.19 bits per heavy atom. The van der Waals surface area contributed by atoms with Crippen molar-refractivity contribution in [3.63, 3.8) is 0 Å². The summed E-state index contributed by atoms with van der Waals surface area (Å²) >= 11 is 0. The second-order valence-electron chi connectivity index (χ2n) is 5.98. The molecule has 0 aromatic rings. The minimum Gasteiger partial charge on any atom is -0.342 e. The second kappa shape index (κ2) is 6.93. The molecule has 0 heterocycles. The van der Waals surface area contributed by atoms with E-state index in [4.69, 9.17) is 0 Å². The molecule has 0 saturated carbocycles. The van der Waals surface area contributed by atoms with Crippen LogP contribution in [0.4, 0.5) is 0 Å². The fourth-order valence-electron chi connectivity index (χ4n) is 1.68. The summed E-state index contributed by atoms with van der Waals surface area (Å²) < 4.78 is 0. The molecule has 1 unspecified atom stereocenters. The Labute approximate surface area is 101 Å². The number of rotatable bonds is 6. The molecule has 0 saturated heterocycles. The van der Waals surface area contributed by atoms with Gasteiger partial charge in [0, 0.05) is 19.0 Å². The Kier molecular flexibility index (Phi) is 6.70. The number of carbonyl (C=O) groups excluding carboxylic acids is 1. The molecule has 16 heavy (non-hydrogen) atoms. The highest BCUT2D eigenvalue weighted by Crippen LogP contribution is 2.18. The highest BCUT2D eigenvalue weighted by molar-refractivity contribution is 5.78. The monoisotopic (exact) mass is 227 g/mol. The predicted octanol–water partition coefficient (Wildman–Crippen LogP) is 3.71. The molecule has 0 aliphatic carbocycles. The largest absolute Gasteiger partial charge is 0.342 e. The van der Waals surface area contributed by atoms with Crippen LogP contribution in [0.5, 0.6) is 0 Å². The molecule has 0 rings (SSSR count). The van der Waals surface area contributed by atoms with Gasteiger partial charge in [0.25, 0.3) is 0 Å². The number of amides is 1. The first-order valence-electron chi connectivity index (χ1n) is 6.60. The van der Waals surface area contributed by atoms with Crippen LogP contribution in [0.15, 0.2) is 0 Å².